The first-order chi connectivity index (χ1) is 11.9. The van der Waals surface area contributed by atoms with Crippen molar-refractivity contribution in [3.63, 3.8) is 0 Å². The van der Waals surface area contributed by atoms with Gasteiger partial charge in [0, 0.05) is 22.4 Å². The minimum Gasteiger partial charge on any atom is -0.478 e. The average Bonchev–Trinajstić information content (AvgIpc) is 3.22. The van der Waals surface area contributed by atoms with Crippen molar-refractivity contribution >= 4 is 23.1 Å². The molecule has 0 aliphatic rings. The molecule has 2 aromatic heterocycles. The molecular formula is C15H10F2N4O3S. The summed E-state index contributed by atoms with van der Waals surface area (Å²) in [6.45, 7) is 1.41. The van der Waals surface area contributed by atoms with Gasteiger partial charge >= 0.3 is 5.97 Å². The van der Waals surface area contributed by atoms with Gasteiger partial charge in [-0.15, -0.1) is 21.5 Å². The number of aromatic carboxylic acids is 1. The summed E-state index contributed by atoms with van der Waals surface area (Å²) in [5, 5.41) is 23.3. The van der Waals surface area contributed by atoms with Gasteiger partial charge in [-0.1, -0.05) is 12.1 Å². The van der Waals surface area contributed by atoms with Crippen molar-refractivity contribution in [1.29, 1.82) is 0 Å². The van der Waals surface area contributed by atoms with E-state index in [9.17, 15) is 23.5 Å². The zero-order valence-electron chi connectivity index (χ0n) is 12.7. The Labute approximate surface area is 143 Å². The van der Waals surface area contributed by atoms with Crippen molar-refractivity contribution in [3.8, 4) is 11.1 Å². The molecule has 0 aliphatic heterocycles. The van der Waals surface area contributed by atoms with E-state index in [1.54, 1.807) is 0 Å². The van der Waals surface area contributed by atoms with E-state index in [-0.39, 0.29) is 39.4 Å². The SMILES string of the molecule is Cc1ccc(-c2csc(CC(=O)c3nn[nH]n3)c2C(=O)O)c(F)c1F. The maximum absolute atomic E-state index is 14.2. The molecule has 128 valence electrons. The van der Waals surface area contributed by atoms with E-state index < -0.39 is 23.4 Å². The highest BCUT2D eigenvalue weighted by Crippen LogP contribution is 2.35. The lowest BCUT2D eigenvalue weighted by Crippen LogP contribution is -2.09. The van der Waals surface area contributed by atoms with Gasteiger partial charge in [-0.05, 0) is 23.1 Å². The molecule has 10 heteroatoms. The largest absolute Gasteiger partial charge is 0.478 e. The van der Waals surface area contributed by atoms with Crippen LogP contribution in [0.15, 0.2) is 17.5 Å². The van der Waals surface area contributed by atoms with E-state index in [2.05, 4.69) is 20.6 Å². The van der Waals surface area contributed by atoms with Crippen molar-refractivity contribution in [3.05, 3.63) is 51.0 Å². The van der Waals surface area contributed by atoms with Crippen molar-refractivity contribution in [2.75, 3.05) is 0 Å². The Morgan fingerprint density at radius 1 is 1.24 bits per heavy atom. The van der Waals surface area contributed by atoms with Crippen LogP contribution in [-0.4, -0.2) is 37.5 Å². The van der Waals surface area contributed by atoms with Gasteiger partial charge in [0.15, 0.2) is 11.6 Å². The molecule has 3 aromatic rings. The van der Waals surface area contributed by atoms with Crippen LogP contribution in [0.3, 0.4) is 0 Å². The Bertz CT molecular complexity index is 970. The van der Waals surface area contributed by atoms with Crippen molar-refractivity contribution in [2.24, 2.45) is 0 Å². The fraction of sp³-hybridized carbons (Fsp3) is 0.133. The molecule has 0 atom stereocenters. The maximum Gasteiger partial charge on any atom is 0.337 e. The van der Waals surface area contributed by atoms with E-state index in [4.69, 9.17) is 0 Å². The second-order valence-electron chi connectivity index (χ2n) is 5.15. The number of carboxylic acid groups (broad SMARTS) is 1. The molecule has 0 aliphatic carbocycles. The summed E-state index contributed by atoms with van der Waals surface area (Å²) < 4.78 is 28.0. The third kappa shape index (κ3) is 3.03. The zero-order valence-corrected chi connectivity index (χ0v) is 13.5. The number of halogens is 2. The number of nitrogens with zero attached hydrogens (tertiary/aromatic N) is 3. The number of carbonyl (C=O) groups is 2. The molecule has 3 rings (SSSR count). The fourth-order valence-corrected chi connectivity index (χ4v) is 3.35. The molecule has 0 saturated carbocycles. The summed E-state index contributed by atoms with van der Waals surface area (Å²) in [6.07, 6.45) is -0.290. The van der Waals surface area contributed by atoms with Gasteiger partial charge < -0.3 is 5.11 Å². The summed E-state index contributed by atoms with van der Waals surface area (Å²) in [7, 11) is 0. The third-order valence-electron chi connectivity index (χ3n) is 3.56. The van der Waals surface area contributed by atoms with Crippen LogP contribution in [0.1, 0.15) is 31.4 Å². The van der Waals surface area contributed by atoms with Crippen molar-refractivity contribution in [1.82, 2.24) is 20.6 Å². The van der Waals surface area contributed by atoms with Gasteiger partial charge in [-0.25, -0.2) is 13.6 Å². The van der Waals surface area contributed by atoms with Crippen LogP contribution in [-0.2, 0) is 6.42 Å². The van der Waals surface area contributed by atoms with Gasteiger partial charge in [0.05, 0.1) is 5.56 Å². The Hall–Kier alpha value is -3.01. The highest BCUT2D eigenvalue weighted by Gasteiger charge is 2.25. The number of hydrogen-bond donors (Lipinski definition) is 2. The summed E-state index contributed by atoms with van der Waals surface area (Å²) in [6, 6.07) is 2.67. The van der Waals surface area contributed by atoms with Gasteiger partial charge in [0.25, 0.3) is 0 Å². The van der Waals surface area contributed by atoms with E-state index in [1.807, 2.05) is 0 Å². The lowest BCUT2D eigenvalue weighted by atomic mass is 9.99. The summed E-state index contributed by atoms with van der Waals surface area (Å²) >= 11 is 0.967. The van der Waals surface area contributed by atoms with Crippen molar-refractivity contribution in [2.45, 2.75) is 13.3 Å². The fourth-order valence-electron chi connectivity index (χ4n) is 2.32. The smallest absolute Gasteiger partial charge is 0.337 e. The number of hydrogen-bond acceptors (Lipinski definition) is 6. The number of benzene rings is 1. The van der Waals surface area contributed by atoms with E-state index >= 15 is 0 Å². The van der Waals surface area contributed by atoms with E-state index in [0.717, 1.165) is 11.3 Å². The number of thiophene rings is 1. The molecular weight excluding hydrogens is 354 g/mol. The molecule has 7 nitrogen and oxygen atoms in total. The van der Waals surface area contributed by atoms with Crippen LogP contribution in [0.2, 0.25) is 0 Å². The Morgan fingerprint density at radius 3 is 2.64 bits per heavy atom. The van der Waals surface area contributed by atoms with Gasteiger partial charge in [-0.2, -0.15) is 5.21 Å². The molecule has 0 unspecified atom stereocenters. The first-order valence-corrected chi connectivity index (χ1v) is 7.83. The lowest BCUT2D eigenvalue weighted by molar-refractivity contribution is 0.0697. The standard InChI is InChI=1S/C15H10F2N4O3S/c1-6-2-3-7(13(17)12(6)16)8-5-25-10(11(8)15(23)24)4-9(22)14-18-20-21-19-14/h2-3,5H,4H2,1H3,(H,23,24)(H,18,19,20,21). The number of carboxylic acids is 1. The van der Waals surface area contributed by atoms with Gasteiger partial charge in [0.2, 0.25) is 11.6 Å². The summed E-state index contributed by atoms with van der Waals surface area (Å²) in [5.74, 6) is -4.23. The predicted molar refractivity (Wildman–Crippen MR) is 83.6 cm³/mol. The Balaban J connectivity index is 2.05. The highest BCUT2D eigenvalue weighted by atomic mass is 32.1. The quantitative estimate of drug-likeness (QED) is 0.674. The topological polar surface area (TPSA) is 109 Å². The molecule has 0 radical (unpaired) electrons. The van der Waals surface area contributed by atoms with Crippen LogP contribution in [0.5, 0.6) is 0 Å². The van der Waals surface area contributed by atoms with Crippen molar-refractivity contribution < 1.29 is 23.5 Å². The number of rotatable bonds is 5. The average molecular weight is 364 g/mol. The number of aryl methyl sites for hydroxylation is 1. The van der Waals surface area contributed by atoms with E-state index in [0.29, 0.717) is 0 Å². The normalized spacial score (nSPS) is 10.8. The maximum atomic E-state index is 14.2. The van der Waals surface area contributed by atoms with Crippen LogP contribution in [0.4, 0.5) is 8.78 Å². The van der Waals surface area contributed by atoms with Crippen LogP contribution in [0.25, 0.3) is 11.1 Å². The number of ketones is 1. The molecule has 25 heavy (non-hydrogen) atoms. The molecule has 2 N–H and O–H groups in total. The zero-order chi connectivity index (χ0) is 18.1. The summed E-state index contributed by atoms with van der Waals surface area (Å²) in [5.41, 5.74) is -0.287. The monoisotopic (exact) mass is 364 g/mol. The summed E-state index contributed by atoms with van der Waals surface area (Å²) in [4.78, 5) is 23.9. The number of aromatic amines is 1. The first-order valence-electron chi connectivity index (χ1n) is 6.95. The second kappa shape index (κ2) is 6.48. The highest BCUT2D eigenvalue weighted by molar-refractivity contribution is 7.11. The van der Waals surface area contributed by atoms with E-state index in [1.165, 1.54) is 24.4 Å². The number of H-pyrrole nitrogens is 1. The second-order valence-corrected chi connectivity index (χ2v) is 6.11. The van der Waals surface area contributed by atoms with Gasteiger partial charge in [0.1, 0.15) is 0 Å². The first kappa shape index (κ1) is 16.8. The number of nitrogens with one attached hydrogen (secondary N) is 1. The molecule has 1 aromatic carbocycles. The molecule has 0 bridgehead atoms. The number of aromatic nitrogens is 4. The Kier molecular flexibility index (Phi) is 4.36. The lowest BCUT2D eigenvalue weighted by Gasteiger charge is -2.07. The van der Waals surface area contributed by atoms with Crippen LogP contribution in [0, 0.1) is 18.6 Å². The van der Waals surface area contributed by atoms with Crippen LogP contribution < -0.4 is 0 Å². The molecule has 0 amide bonds. The minimum absolute atomic E-state index is 0.0183. The number of Topliss-reactive ketones (excluding diaryl/α,β-unsaturated/α-hetero) is 1. The molecule has 0 spiro atoms. The molecule has 0 fully saturated rings. The molecule has 0 saturated heterocycles. The molecule has 2 heterocycles. The number of tetrazole rings is 1. The minimum atomic E-state index is -1.34. The van der Waals surface area contributed by atoms with Crippen LogP contribution >= 0.6 is 11.3 Å². The predicted octanol–water partition coefficient (Wildman–Crippen LogP) is 2.64. The van der Waals surface area contributed by atoms with Gasteiger partial charge in [-0.3, -0.25) is 4.79 Å². The Morgan fingerprint density at radius 2 is 2.00 bits per heavy atom. The third-order valence-corrected chi connectivity index (χ3v) is 4.55. The number of carbonyl (C=O) groups excluding carboxylic acids is 1.